The van der Waals surface area contributed by atoms with Crippen LogP contribution in [0.1, 0.15) is 24.8 Å². The normalized spacial score (nSPS) is 40.7. The molecule has 7 rings (SSSR count). The van der Waals surface area contributed by atoms with Gasteiger partial charge in [-0.1, -0.05) is 17.7 Å². The molecular formula is C22H25N3O4S. The second-order valence-corrected chi connectivity index (χ2v) is 11.6. The molecule has 0 radical (unpaired) electrons. The zero-order chi connectivity index (χ0) is 20.4. The van der Waals surface area contributed by atoms with Crippen molar-refractivity contribution in [2.24, 2.45) is 11.8 Å². The van der Waals surface area contributed by atoms with Gasteiger partial charge >= 0.3 is 0 Å². The Hall–Kier alpha value is -1.90. The highest BCUT2D eigenvalue weighted by Gasteiger charge is 2.71. The number of carbonyl (C=O) groups excluding carboxylic acids is 1. The van der Waals surface area contributed by atoms with Gasteiger partial charge in [0.1, 0.15) is 0 Å². The van der Waals surface area contributed by atoms with E-state index < -0.39 is 10.0 Å². The van der Waals surface area contributed by atoms with Crippen LogP contribution in [0.15, 0.2) is 29.8 Å². The topological polar surface area (TPSA) is 79.0 Å². The van der Waals surface area contributed by atoms with Crippen molar-refractivity contribution in [2.75, 3.05) is 35.6 Å². The third kappa shape index (κ3) is 2.03. The van der Waals surface area contributed by atoms with Gasteiger partial charge in [0.15, 0.2) is 0 Å². The van der Waals surface area contributed by atoms with Crippen molar-refractivity contribution in [3.8, 4) is 0 Å². The summed E-state index contributed by atoms with van der Waals surface area (Å²) in [4.78, 5) is 18.1. The van der Waals surface area contributed by atoms with Gasteiger partial charge in [0.2, 0.25) is 15.9 Å². The number of amides is 1. The molecule has 1 aromatic carbocycles. The van der Waals surface area contributed by atoms with Crippen LogP contribution in [0.2, 0.25) is 0 Å². The van der Waals surface area contributed by atoms with Crippen molar-refractivity contribution >= 4 is 27.3 Å². The number of nitrogens with one attached hydrogen (secondary N) is 1. The van der Waals surface area contributed by atoms with E-state index >= 15 is 0 Å². The van der Waals surface area contributed by atoms with Crippen LogP contribution >= 0.6 is 0 Å². The van der Waals surface area contributed by atoms with E-state index in [1.165, 1.54) is 11.1 Å². The second-order valence-electron chi connectivity index (χ2n) is 9.87. The number of rotatable bonds is 2. The Kier molecular flexibility index (Phi) is 3.24. The van der Waals surface area contributed by atoms with Crippen LogP contribution in [0.5, 0.6) is 0 Å². The van der Waals surface area contributed by atoms with Gasteiger partial charge in [0.05, 0.1) is 37.1 Å². The second kappa shape index (κ2) is 5.47. The maximum Gasteiger partial charge on any atom is 0.229 e. The zero-order valence-corrected chi connectivity index (χ0v) is 17.7. The van der Waals surface area contributed by atoms with E-state index in [2.05, 4.69) is 21.8 Å². The molecule has 7 nitrogen and oxygen atoms in total. The number of hydrogen-bond acceptors (Lipinski definition) is 5. The smallest absolute Gasteiger partial charge is 0.229 e. The quantitative estimate of drug-likeness (QED) is 0.723. The maximum absolute atomic E-state index is 13.4. The summed E-state index contributed by atoms with van der Waals surface area (Å²) in [6.45, 7) is 2.68. The van der Waals surface area contributed by atoms with Crippen molar-refractivity contribution in [3.63, 3.8) is 0 Å². The first kappa shape index (κ1) is 17.7. The molecule has 3 saturated heterocycles. The molecule has 158 valence electrons. The van der Waals surface area contributed by atoms with Gasteiger partial charge in [-0.2, -0.15) is 0 Å². The number of piperidine rings is 2. The predicted octanol–water partition coefficient (Wildman–Crippen LogP) is 1.46. The summed E-state index contributed by atoms with van der Waals surface area (Å²) in [5.41, 5.74) is 4.08. The summed E-state index contributed by atoms with van der Waals surface area (Å²) in [6, 6.07) is 6.35. The highest BCUT2D eigenvalue weighted by molar-refractivity contribution is 7.92. The van der Waals surface area contributed by atoms with Crippen molar-refractivity contribution < 1.29 is 17.9 Å². The van der Waals surface area contributed by atoms with E-state index in [9.17, 15) is 13.2 Å². The molecule has 8 heteroatoms. The zero-order valence-electron chi connectivity index (χ0n) is 16.9. The number of carbonyl (C=O) groups is 1. The van der Waals surface area contributed by atoms with Crippen LogP contribution in [-0.4, -0.2) is 63.4 Å². The minimum atomic E-state index is -3.38. The molecule has 2 bridgehead atoms. The summed E-state index contributed by atoms with van der Waals surface area (Å²) < 4.78 is 32.5. The molecule has 5 heterocycles. The lowest BCUT2D eigenvalue weighted by Crippen LogP contribution is -2.69. The van der Waals surface area contributed by atoms with Crippen molar-refractivity contribution in [1.29, 1.82) is 0 Å². The molecule has 1 N–H and O–H groups in total. The average Bonchev–Trinajstić information content (AvgIpc) is 3.14. The van der Waals surface area contributed by atoms with Crippen LogP contribution in [0.3, 0.4) is 0 Å². The van der Waals surface area contributed by atoms with Gasteiger partial charge in [-0.3, -0.25) is 14.4 Å². The molecule has 1 aromatic rings. The number of sulfonamides is 1. The fraction of sp³-hybridized carbons (Fsp3) is 0.591. The Morgan fingerprint density at radius 2 is 2.17 bits per heavy atom. The lowest BCUT2D eigenvalue weighted by atomic mass is 9.53. The van der Waals surface area contributed by atoms with Crippen LogP contribution in [0, 0.1) is 11.8 Å². The Labute approximate surface area is 176 Å². The maximum atomic E-state index is 13.4. The van der Waals surface area contributed by atoms with Crippen LogP contribution in [-0.2, 0) is 25.0 Å². The first-order chi connectivity index (χ1) is 14.4. The molecule has 6 aliphatic rings. The molecule has 4 fully saturated rings. The molecule has 1 spiro atoms. The number of ether oxygens (including phenoxy) is 1. The standard InChI is InChI=1S/C22H25N3O4S/c1-30(27,28)23-13-2-3-15-16(8-13)25-19(26)10-17-20-14-9-18-22(15,21(20)25)5-6-24(18)11-12(14)4-7-29-17/h2-4,8,14,17-18,20-21,23H,5-7,9-11H2,1H3/t14-,17-,18-,20-,21-,22+/m0/s1. The molecule has 0 unspecified atom stereocenters. The predicted molar refractivity (Wildman–Crippen MR) is 112 cm³/mol. The summed E-state index contributed by atoms with van der Waals surface area (Å²) in [5, 5.41) is 0. The average molecular weight is 428 g/mol. The fourth-order valence-corrected chi connectivity index (χ4v) is 8.39. The highest BCUT2D eigenvalue weighted by Crippen LogP contribution is 2.65. The van der Waals surface area contributed by atoms with Gasteiger partial charge < -0.3 is 9.64 Å². The fourth-order valence-electron chi connectivity index (χ4n) is 7.83. The monoisotopic (exact) mass is 427 g/mol. The van der Waals surface area contributed by atoms with Crippen molar-refractivity contribution in [1.82, 2.24) is 4.90 Å². The minimum absolute atomic E-state index is 0.0228. The molecule has 1 aliphatic carbocycles. The number of benzene rings is 1. The molecule has 6 atom stereocenters. The Morgan fingerprint density at radius 3 is 3.00 bits per heavy atom. The first-order valence-electron chi connectivity index (χ1n) is 10.9. The van der Waals surface area contributed by atoms with Crippen LogP contribution in [0.25, 0.3) is 0 Å². The van der Waals surface area contributed by atoms with Crippen molar-refractivity contribution in [2.45, 2.75) is 42.9 Å². The molecule has 0 aromatic heterocycles. The molecular weight excluding hydrogens is 402 g/mol. The summed E-state index contributed by atoms with van der Waals surface area (Å²) in [5.74, 6) is 0.901. The Morgan fingerprint density at radius 1 is 1.30 bits per heavy atom. The lowest BCUT2D eigenvalue weighted by Gasteiger charge is -2.58. The number of anilines is 2. The summed E-state index contributed by atoms with van der Waals surface area (Å²) in [6.07, 6.45) is 6.00. The molecule has 5 aliphatic heterocycles. The van der Waals surface area contributed by atoms with Crippen LogP contribution < -0.4 is 9.62 Å². The summed E-state index contributed by atoms with van der Waals surface area (Å²) in [7, 11) is -3.38. The Bertz CT molecular complexity index is 1130. The number of nitrogens with zero attached hydrogens (tertiary/aromatic N) is 2. The Balaban J connectivity index is 1.46. The van der Waals surface area contributed by atoms with Crippen LogP contribution in [0.4, 0.5) is 11.4 Å². The number of hydrogen-bond donors (Lipinski definition) is 1. The van der Waals surface area contributed by atoms with E-state index in [0.717, 1.165) is 37.9 Å². The third-order valence-electron chi connectivity index (χ3n) is 8.61. The van der Waals surface area contributed by atoms with Crippen molar-refractivity contribution in [3.05, 3.63) is 35.4 Å². The highest BCUT2D eigenvalue weighted by atomic mass is 32.2. The van der Waals surface area contributed by atoms with E-state index in [4.69, 9.17) is 4.74 Å². The van der Waals surface area contributed by atoms with Gasteiger partial charge in [0, 0.05) is 29.6 Å². The molecule has 1 saturated carbocycles. The van der Waals surface area contributed by atoms with E-state index in [-0.39, 0.29) is 23.5 Å². The summed E-state index contributed by atoms with van der Waals surface area (Å²) >= 11 is 0. The SMILES string of the molecule is CS(=O)(=O)Nc1ccc2c(c1)N1C(=O)C[C@@H]3OCC=C4CN5CC[C@]26[C@@H]5C[C@@H]4[C@@H]3[C@H]16. The van der Waals surface area contributed by atoms with Gasteiger partial charge in [0.25, 0.3) is 0 Å². The van der Waals surface area contributed by atoms with E-state index in [0.29, 0.717) is 36.6 Å². The van der Waals surface area contributed by atoms with E-state index in [1.807, 2.05) is 17.0 Å². The minimum Gasteiger partial charge on any atom is -0.373 e. The van der Waals surface area contributed by atoms with Gasteiger partial charge in [-0.05, 0) is 43.0 Å². The molecule has 1 amide bonds. The van der Waals surface area contributed by atoms with E-state index in [1.54, 1.807) is 0 Å². The first-order valence-corrected chi connectivity index (χ1v) is 12.7. The van der Waals surface area contributed by atoms with Gasteiger partial charge in [-0.25, -0.2) is 8.42 Å². The van der Waals surface area contributed by atoms with Gasteiger partial charge in [-0.15, -0.1) is 0 Å². The largest absolute Gasteiger partial charge is 0.373 e. The lowest BCUT2D eigenvalue weighted by molar-refractivity contribution is -0.132. The third-order valence-corrected chi connectivity index (χ3v) is 9.22. The molecule has 30 heavy (non-hydrogen) atoms. The number of fused-ring (bicyclic) bond motifs is 2.